The minimum Gasteiger partial charge on any atom is -0.372 e. The van der Waals surface area contributed by atoms with E-state index < -0.39 is 10.0 Å². The van der Waals surface area contributed by atoms with Crippen LogP contribution in [0.3, 0.4) is 0 Å². The third-order valence-corrected chi connectivity index (χ3v) is 7.36. The molecule has 0 heterocycles. The molecule has 3 aromatic rings. The number of anilines is 2. The molecule has 0 radical (unpaired) electrons. The summed E-state index contributed by atoms with van der Waals surface area (Å²) in [6, 6.07) is 24.7. The Balaban J connectivity index is 1.95. The van der Waals surface area contributed by atoms with Gasteiger partial charge in [-0.3, -0.25) is 4.31 Å². The third-order valence-electron chi connectivity index (χ3n) is 5.57. The van der Waals surface area contributed by atoms with Gasteiger partial charge in [0.2, 0.25) is 0 Å². The van der Waals surface area contributed by atoms with Crippen LogP contribution in [0.1, 0.15) is 44.7 Å². The molecule has 0 aliphatic heterocycles. The largest absolute Gasteiger partial charge is 0.372 e. The lowest BCUT2D eigenvalue weighted by atomic mass is 10.0. The summed E-state index contributed by atoms with van der Waals surface area (Å²) in [7, 11) is -3.71. The highest BCUT2D eigenvalue weighted by Crippen LogP contribution is 2.27. The Bertz CT molecular complexity index is 1060. The lowest BCUT2D eigenvalue weighted by Gasteiger charge is -2.26. The molecule has 0 fully saturated rings. The second-order valence-corrected chi connectivity index (χ2v) is 9.77. The van der Waals surface area contributed by atoms with Gasteiger partial charge in [0.1, 0.15) is 0 Å². The first kappa shape index (κ1) is 22.9. The van der Waals surface area contributed by atoms with Gasteiger partial charge in [-0.15, -0.1) is 0 Å². The second-order valence-electron chi connectivity index (χ2n) is 7.91. The van der Waals surface area contributed by atoms with Gasteiger partial charge in [-0.25, -0.2) is 8.42 Å². The quantitative estimate of drug-likeness (QED) is 0.410. The highest BCUT2D eigenvalue weighted by molar-refractivity contribution is 7.92. The summed E-state index contributed by atoms with van der Waals surface area (Å²) >= 11 is 0. The topological polar surface area (TPSA) is 40.6 Å². The van der Waals surface area contributed by atoms with E-state index in [2.05, 4.69) is 44.7 Å². The van der Waals surface area contributed by atoms with Gasteiger partial charge < -0.3 is 4.90 Å². The maximum Gasteiger partial charge on any atom is 0.264 e. The molecule has 5 heteroatoms. The van der Waals surface area contributed by atoms with E-state index in [0.29, 0.717) is 16.5 Å². The zero-order valence-corrected chi connectivity index (χ0v) is 19.6. The Morgan fingerprint density at radius 1 is 0.742 bits per heavy atom. The average Bonchev–Trinajstić information content (AvgIpc) is 2.79. The Morgan fingerprint density at radius 2 is 1.32 bits per heavy atom. The molecular formula is C26H32N2O2S. The van der Waals surface area contributed by atoms with Gasteiger partial charge in [0, 0.05) is 18.8 Å². The predicted octanol–water partition coefficient (Wildman–Crippen LogP) is 6.05. The maximum atomic E-state index is 13.6. The molecule has 0 bridgehead atoms. The van der Waals surface area contributed by atoms with Crippen molar-refractivity contribution in [1.82, 2.24) is 0 Å². The Morgan fingerprint density at radius 3 is 1.84 bits per heavy atom. The molecule has 4 nitrogen and oxygen atoms in total. The lowest BCUT2D eigenvalue weighted by molar-refractivity contribution is 0.590. The molecule has 0 unspecified atom stereocenters. The zero-order valence-electron chi connectivity index (χ0n) is 18.8. The van der Waals surface area contributed by atoms with Crippen molar-refractivity contribution in [2.75, 3.05) is 22.3 Å². The number of nitrogens with zero attached hydrogens (tertiary/aromatic N) is 2. The number of sulfonamides is 1. The van der Waals surface area contributed by atoms with Gasteiger partial charge in [-0.1, -0.05) is 56.3 Å². The summed E-state index contributed by atoms with van der Waals surface area (Å²) in [5, 5.41) is 0. The van der Waals surface area contributed by atoms with Crippen molar-refractivity contribution in [3.8, 4) is 0 Å². The van der Waals surface area contributed by atoms with Crippen LogP contribution in [0.15, 0.2) is 83.8 Å². The number of para-hydroxylation sites is 1. The van der Waals surface area contributed by atoms with E-state index in [1.807, 2.05) is 54.6 Å². The molecule has 31 heavy (non-hydrogen) atoms. The van der Waals surface area contributed by atoms with E-state index in [4.69, 9.17) is 0 Å². The monoisotopic (exact) mass is 436 g/mol. The van der Waals surface area contributed by atoms with Crippen LogP contribution in [0.5, 0.6) is 0 Å². The smallest absolute Gasteiger partial charge is 0.264 e. The minimum absolute atomic E-state index is 0.275. The zero-order chi connectivity index (χ0) is 22.4. The van der Waals surface area contributed by atoms with E-state index in [9.17, 15) is 8.42 Å². The molecule has 0 atom stereocenters. The number of hydrogen-bond acceptors (Lipinski definition) is 3. The van der Waals surface area contributed by atoms with Crippen LogP contribution in [0, 0.1) is 0 Å². The molecule has 3 rings (SSSR count). The first-order valence-corrected chi connectivity index (χ1v) is 12.3. The van der Waals surface area contributed by atoms with Gasteiger partial charge in [0.25, 0.3) is 10.0 Å². The van der Waals surface area contributed by atoms with Gasteiger partial charge in [0.15, 0.2) is 0 Å². The average molecular weight is 437 g/mol. The van der Waals surface area contributed by atoms with Crippen LogP contribution in [-0.4, -0.2) is 21.5 Å². The molecule has 0 aliphatic carbocycles. The van der Waals surface area contributed by atoms with Crippen molar-refractivity contribution in [1.29, 1.82) is 0 Å². The fraction of sp³-hybridized carbons (Fsp3) is 0.308. The summed E-state index contributed by atoms with van der Waals surface area (Å²) in [6.45, 7) is 10.6. The Kier molecular flexibility index (Phi) is 7.39. The predicted molar refractivity (Wildman–Crippen MR) is 130 cm³/mol. The van der Waals surface area contributed by atoms with E-state index in [1.165, 1.54) is 4.31 Å². The SMILES string of the molecule is CCN(CC)c1ccc(CN(c2ccccc2)S(=O)(=O)c2ccc(C(C)C)cc2)cc1. The molecule has 0 saturated carbocycles. The number of benzene rings is 3. The molecule has 164 valence electrons. The van der Waals surface area contributed by atoms with Crippen LogP contribution < -0.4 is 9.21 Å². The van der Waals surface area contributed by atoms with Crippen LogP contribution in [0.2, 0.25) is 0 Å². The molecule has 0 amide bonds. The van der Waals surface area contributed by atoms with Crippen molar-refractivity contribution < 1.29 is 8.42 Å². The van der Waals surface area contributed by atoms with E-state index in [-0.39, 0.29) is 6.54 Å². The van der Waals surface area contributed by atoms with Gasteiger partial charge in [-0.05, 0) is 67.3 Å². The van der Waals surface area contributed by atoms with Gasteiger partial charge in [0.05, 0.1) is 17.1 Å². The molecule has 0 saturated heterocycles. The lowest BCUT2D eigenvalue weighted by Crippen LogP contribution is -2.30. The molecule has 0 aromatic heterocycles. The van der Waals surface area contributed by atoms with Crippen molar-refractivity contribution >= 4 is 21.4 Å². The third kappa shape index (κ3) is 5.28. The Labute approximate surface area is 187 Å². The highest BCUT2D eigenvalue weighted by Gasteiger charge is 2.25. The minimum atomic E-state index is -3.71. The summed E-state index contributed by atoms with van der Waals surface area (Å²) in [4.78, 5) is 2.58. The van der Waals surface area contributed by atoms with Crippen molar-refractivity contribution in [3.05, 3.63) is 90.0 Å². The van der Waals surface area contributed by atoms with Crippen LogP contribution in [0.4, 0.5) is 11.4 Å². The normalized spacial score (nSPS) is 11.5. The standard InChI is InChI=1S/C26H32N2O2S/c1-5-27(6-2)24-16-12-22(13-17-24)20-28(25-10-8-7-9-11-25)31(29,30)26-18-14-23(15-19-26)21(3)4/h7-19,21H,5-6,20H2,1-4H3. The fourth-order valence-corrected chi connectivity index (χ4v) is 5.08. The van der Waals surface area contributed by atoms with E-state index in [0.717, 1.165) is 29.9 Å². The Hall–Kier alpha value is -2.79. The fourth-order valence-electron chi connectivity index (χ4n) is 3.63. The molecule has 0 spiro atoms. The van der Waals surface area contributed by atoms with Gasteiger partial charge in [-0.2, -0.15) is 0 Å². The molecular weight excluding hydrogens is 404 g/mol. The molecule has 3 aromatic carbocycles. The van der Waals surface area contributed by atoms with Crippen LogP contribution in [0.25, 0.3) is 0 Å². The van der Waals surface area contributed by atoms with Gasteiger partial charge >= 0.3 is 0 Å². The highest BCUT2D eigenvalue weighted by atomic mass is 32.2. The summed E-state index contributed by atoms with van der Waals surface area (Å²) < 4.78 is 28.7. The first-order chi connectivity index (χ1) is 14.9. The summed E-state index contributed by atoms with van der Waals surface area (Å²) in [5.74, 6) is 0.353. The number of rotatable bonds is 9. The molecule has 0 aliphatic rings. The summed E-state index contributed by atoms with van der Waals surface area (Å²) in [6.07, 6.45) is 0. The first-order valence-electron chi connectivity index (χ1n) is 10.9. The van der Waals surface area contributed by atoms with E-state index >= 15 is 0 Å². The summed E-state index contributed by atoms with van der Waals surface area (Å²) in [5.41, 5.74) is 3.87. The maximum absolute atomic E-state index is 13.6. The van der Waals surface area contributed by atoms with Crippen LogP contribution >= 0.6 is 0 Å². The van der Waals surface area contributed by atoms with Crippen LogP contribution in [-0.2, 0) is 16.6 Å². The van der Waals surface area contributed by atoms with Crippen molar-refractivity contribution in [2.24, 2.45) is 0 Å². The van der Waals surface area contributed by atoms with Crippen molar-refractivity contribution in [3.63, 3.8) is 0 Å². The molecule has 0 N–H and O–H groups in total. The second kappa shape index (κ2) is 10.0. The van der Waals surface area contributed by atoms with Crippen molar-refractivity contribution in [2.45, 2.75) is 45.1 Å². The number of hydrogen-bond donors (Lipinski definition) is 0. The van der Waals surface area contributed by atoms with E-state index in [1.54, 1.807) is 12.1 Å².